The van der Waals surface area contributed by atoms with Gasteiger partial charge in [0.2, 0.25) is 10.0 Å². The van der Waals surface area contributed by atoms with Crippen LogP contribution in [0, 0.1) is 6.92 Å². The fourth-order valence-corrected chi connectivity index (χ4v) is 5.55. The first-order chi connectivity index (χ1) is 10.8. The monoisotopic (exact) mass is 373 g/mol. The summed E-state index contributed by atoms with van der Waals surface area (Å²) in [5.74, 6) is -0.400. The Morgan fingerprint density at radius 2 is 1.48 bits per heavy atom. The van der Waals surface area contributed by atoms with Crippen molar-refractivity contribution in [1.82, 2.24) is 4.72 Å². The third-order valence-electron chi connectivity index (χ3n) is 3.20. The lowest BCUT2D eigenvalue weighted by molar-refractivity contribution is 0.560. The summed E-state index contributed by atoms with van der Waals surface area (Å²) in [5.41, 5.74) is 0.898. The summed E-state index contributed by atoms with van der Waals surface area (Å²) < 4.78 is 51.9. The van der Waals surface area contributed by atoms with E-state index in [4.69, 9.17) is 11.6 Å². The van der Waals surface area contributed by atoms with Crippen molar-refractivity contribution in [2.45, 2.75) is 22.1 Å². The Morgan fingerprint density at radius 1 is 0.913 bits per heavy atom. The second kappa shape index (κ2) is 7.00. The summed E-state index contributed by atoms with van der Waals surface area (Å²) in [6.45, 7) is 1.82. The van der Waals surface area contributed by atoms with Crippen molar-refractivity contribution in [3.8, 4) is 0 Å². The van der Waals surface area contributed by atoms with Gasteiger partial charge in [0.1, 0.15) is 5.37 Å². The highest BCUT2D eigenvalue weighted by Crippen LogP contribution is 2.18. The number of sulfone groups is 1. The topological polar surface area (TPSA) is 80.3 Å². The molecular weight excluding hydrogens is 358 g/mol. The van der Waals surface area contributed by atoms with E-state index in [1.807, 2.05) is 6.92 Å². The highest BCUT2D eigenvalue weighted by atomic mass is 35.5. The molecule has 0 bridgehead atoms. The molecule has 2 aromatic rings. The Bertz CT molecular complexity index is 863. The Hall–Kier alpha value is -1.41. The lowest BCUT2D eigenvalue weighted by Gasteiger charge is -2.17. The maximum atomic E-state index is 12.5. The molecule has 0 aromatic heterocycles. The predicted octanol–water partition coefficient (Wildman–Crippen LogP) is 2.31. The Morgan fingerprint density at radius 3 is 2.00 bits per heavy atom. The van der Waals surface area contributed by atoms with Crippen LogP contribution in [0.15, 0.2) is 64.4 Å². The van der Waals surface area contributed by atoms with Gasteiger partial charge in [-0.05, 0) is 31.2 Å². The van der Waals surface area contributed by atoms with Gasteiger partial charge in [-0.1, -0.05) is 35.9 Å². The second-order valence-electron chi connectivity index (χ2n) is 4.94. The maximum absolute atomic E-state index is 12.5. The van der Waals surface area contributed by atoms with Crippen molar-refractivity contribution < 1.29 is 16.8 Å². The van der Waals surface area contributed by atoms with Gasteiger partial charge in [0.25, 0.3) is 0 Å². The van der Waals surface area contributed by atoms with Crippen LogP contribution in [0.2, 0.25) is 0 Å². The van der Waals surface area contributed by atoms with Crippen LogP contribution in [0.25, 0.3) is 0 Å². The molecule has 0 fully saturated rings. The minimum Gasteiger partial charge on any atom is -0.222 e. The van der Waals surface area contributed by atoms with Crippen molar-refractivity contribution in [3.63, 3.8) is 0 Å². The zero-order chi connectivity index (χ0) is 17.1. The van der Waals surface area contributed by atoms with E-state index in [9.17, 15) is 16.8 Å². The molecule has 0 radical (unpaired) electrons. The average molecular weight is 374 g/mol. The normalized spacial score (nSPS) is 13.7. The van der Waals surface area contributed by atoms with Crippen molar-refractivity contribution in [3.05, 3.63) is 60.2 Å². The van der Waals surface area contributed by atoms with E-state index >= 15 is 0 Å². The van der Waals surface area contributed by atoms with E-state index in [1.165, 1.54) is 24.3 Å². The van der Waals surface area contributed by atoms with Gasteiger partial charge in [-0.15, -0.1) is 11.6 Å². The summed E-state index contributed by atoms with van der Waals surface area (Å²) in [7, 11) is -7.92. The van der Waals surface area contributed by atoms with Gasteiger partial charge < -0.3 is 0 Å². The number of benzene rings is 2. The molecule has 0 amide bonds. The van der Waals surface area contributed by atoms with Gasteiger partial charge in [-0.2, -0.15) is 4.72 Å². The number of halogens is 1. The Labute approximate surface area is 141 Å². The molecular formula is C15H16ClNO4S2. The van der Waals surface area contributed by atoms with E-state index in [0.29, 0.717) is 0 Å². The zero-order valence-electron chi connectivity index (χ0n) is 12.3. The number of nitrogens with one attached hydrogen (secondary N) is 1. The van der Waals surface area contributed by atoms with Crippen LogP contribution in [0.5, 0.6) is 0 Å². The van der Waals surface area contributed by atoms with E-state index in [1.54, 1.807) is 30.3 Å². The number of alkyl halides is 1. The van der Waals surface area contributed by atoms with Crippen molar-refractivity contribution >= 4 is 31.5 Å². The molecule has 2 rings (SSSR count). The SMILES string of the molecule is Cc1ccc(S(=O)(=O)NC(CCl)S(=O)(=O)c2ccccc2)cc1. The molecule has 0 saturated heterocycles. The lowest BCUT2D eigenvalue weighted by Crippen LogP contribution is -2.42. The maximum Gasteiger partial charge on any atom is 0.241 e. The number of sulfonamides is 1. The molecule has 5 nitrogen and oxygen atoms in total. The van der Waals surface area contributed by atoms with Crippen LogP contribution < -0.4 is 4.72 Å². The molecule has 23 heavy (non-hydrogen) atoms. The predicted molar refractivity (Wildman–Crippen MR) is 89.6 cm³/mol. The molecule has 0 heterocycles. The average Bonchev–Trinajstić information content (AvgIpc) is 2.53. The number of aryl methyl sites for hydroxylation is 1. The van der Waals surface area contributed by atoms with Gasteiger partial charge in [0, 0.05) is 0 Å². The minimum absolute atomic E-state index is 0.0113. The molecule has 1 atom stereocenters. The molecule has 0 saturated carbocycles. The highest BCUT2D eigenvalue weighted by molar-refractivity contribution is 7.94. The smallest absolute Gasteiger partial charge is 0.222 e. The summed E-state index contributed by atoms with van der Waals surface area (Å²) in [4.78, 5) is -0.00117. The van der Waals surface area contributed by atoms with Gasteiger partial charge in [0.05, 0.1) is 15.7 Å². The van der Waals surface area contributed by atoms with Gasteiger partial charge >= 0.3 is 0 Å². The molecule has 0 aliphatic rings. The molecule has 0 spiro atoms. The van der Waals surface area contributed by atoms with Crippen molar-refractivity contribution in [2.75, 3.05) is 5.88 Å². The molecule has 124 valence electrons. The van der Waals surface area contributed by atoms with E-state index in [-0.39, 0.29) is 9.79 Å². The van der Waals surface area contributed by atoms with Gasteiger partial charge in [0.15, 0.2) is 9.84 Å². The molecule has 1 N–H and O–H groups in total. The lowest BCUT2D eigenvalue weighted by atomic mass is 10.2. The number of rotatable bonds is 6. The first-order valence-corrected chi connectivity index (χ1v) is 10.3. The summed E-state index contributed by atoms with van der Waals surface area (Å²) in [6.07, 6.45) is 0. The van der Waals surface area contributed by atoms with Crippen molar-refractivity contribution in [2.24, 2.45) is 0 Å². The van der Waals surface area contributed by atoms with Crippen LogP contribution in [0.1, 0.15) is 5.56 Å². The van der Waals surface area contributed by atoms with Gasteiger partial charge in [-0.25, -0.2) is 16.8 Å². The fourth-order valence-electron chi connectivity index (χ4n) is 1.91. The summed E-state index contributed by atoms with van der Waals surface area (Å²) >= 11 is 5.71. The molecule has 2 aromatic carbocycles. The third-order valence-corrected chi connectivity index (χ3v) is 7.30. The van der Waals surface area contributed by atoms with Gasteiger partial charge in [-0.3, -0.25) is 0 Å². The van der Waals surface area contributed by atoms with Crippen LogP contribution in [0.3, 0.4) is 0 Å². The van der Waals surface area contributed by atoms with Crippen LogP contribution >= 0.6 is 11.6 Å². The van der Waals surface area contributed by atoms with E-state index < -0.39 is 31.1 Å². The summed E-state index contributed by atoms with van der Waals surface area (Å²) in [5, 5.41) is -1.45. The van der Waals surface area contributed by atoms with Crippen LogP contribution in [-0.2, 0) is 19.9 Å². The highest BCUT2D eigenvalue weighted by Gasteiger charge is 2.31. The summed E-state index contributed by atoms with van der Waals surface area (Å²) in [6, 6.07) is 13.7. The number of hydrogen-bond donors (Lipinski definition) is 1. The Balaban J connectivity index is 2.34. The van der Waals surface area contributed by atoms with E-state index in [0.717, 1.165) is 5.56 Å². The minimum atomic E-state index is -3.99. The molecule has 0 aliphatic heterocycles. The third kappa shape index (κ3) is 4.11. The second-order valence-corrected chi connectivity index (χ2v) is 9.09. The molecule has 0 aliphatic carbocycles. The first kappa shape index (κ1) is 17.9. The molecule has 8 heteroatoms. The number of hydrogen-bond acceptors (Lipinski definition) is 4. The molecule has 1 unspecified atom stereocenters. The van der Waals surface area contributed by atoms with Crippen LogP contribution in [-0.4, -0.2) is 28.1 Å². The standard InChI is InChI=1S/C15H16ClNO4S2/c1-12-7-9-14(10-8-12)23(20,21)17-15(11-16)22(18,19)13-5-3-2-4-6-13/h2-10,15,17H,11H2,1H3. The van der Waals surface area contributed by atoms with E-state index in [2.05, 4.69) is 4.72 Å². The largest absolute Gasteiger partial charge is 0.241 e. The zero-order valence-corrected chi connectivity index (χ0v) is 14.7. The van der Waals surface area contributed by atoms with Crippen molar-refractivity contribution in [1.29, 1.82) is 0 Å². The van der Waals surface area contributed by atoms with Crippen LogP contribution in [0.4, 0.5) is 0 Å². The fraction of sp³-hybridized carbons (Fsp3) is 0.200. The Kier molecular flexibility index (Phi) is 5.46. The quantitative estimate of drug-likeness (QED) is 0.788. The first-order valence-electron chi connectivity index (χ1n) is 6.71.